The van der Waals surface area contributed by atoms with E-state index in [0.29, 0.717) is 22.4 Å². The third-order valence-electron chi connectivity index (χ3n) is 2.46. The molecular weight excluding hydrogens is 271 g/mol. The summed E-state index contributed by atoms with van der Waals surface area (Å²) in [5.41, 5.74) is 1.18. The molecule has 2 rings (SSSR count). The lowest BCUT2D eigenvalue weighted by molar-refractivity contribution is 0.321. The van der Waals surface area contributed by atoms with Gasteiger partial charge in [-0.1, -0.05) is 53.5 Å². The Kier molecular flexibility index (Phi) is 4.34. The van der Waals surface area contributed by atoms with E-state index in [0.717, 1.165) is 6.42 Å². The standard InChI is InChI=1S/C14H12Cl2O2/c15-12-8-11(17)9-13(16)14(12)18-7-6-10-4-2-1-3-5-10/h1-5,8-9,17H,6-7H2. The average molecular weight is 283 g/mol. The Labute approximate surface area is 116 Å². The van der Waals surface area contributed by atoms with Gasteiger partial charge in [0.2, 0.25) is 0 Å². The molecule has 2 nitrogen and oxygen atoms in total. The number of hydrogen-bond acceptors (Lipinski definition) is 2. The van der Waals surface area contributed by atoms with E-state index in [1.165, 1.54) is 17.7 Å². The van der Waals surface area contributed by atoms with Crippen LogP contribution in [0.15, 0.2) is 42.5 Å². The van der Waals surface area contributed by atoms with E-state index in [1.54, 1.807) is 0 Å². The second-order valence-corrected chi connectivity index (χ2v) is 4.64. The predicted molar refractivity (Wildman–Crippen MR) is 73.8 cm³/mol. The van der Waals surface area contributed by atoms with Crippen LogP contribution in [-0.4, -0.2) is 11.7 Å². The Morgan fingerprint density at radius 1 is 1.00 bits per heavy atom. The highest BCUT2D eigenvalue weighted by Crippen LogP contribution is 2.36. The van der Waals surface area contributed by atoms with Gasteiger partial charge in [0.05, 0.1) is 16.7 Å². The van der Waals surface area contributed by atoms with Crippen LogP contribution in [0.25, 0.3) is 0 Å². The zero-order valence-electron chi connectivity index (χ0n) is 9.57. The molecule has 0 aliphatic rings. The van der Waals surface area contributed by atoms with E-state index in [-0.39, 0.29) is 5.75 Å². The third-order valence-corrected chi connectivity index (χ3v) is 3.02. The molecule has 2 aromatic carbocycles. The predicted octanol–water partition coefficient (Wildman–Crippen LogP) is 4.32. The molecule has 0 saturated carbocycles. The zero-order chi connectivity index (χ0) is 13.0. The molecule has 0 heterocycles. The molecular formula is C14H12Cl2O2. The molecule has 0 saturated heterocycles. The van der Waals surface area contributed by atoms with Crippen molar-refractivity contribution in [2.45, 2.75) is 6.42 Å². The van der Waals surface area contributed by atoms with Crippen LogP contribution >= 0.6 is 23.2 Å². The summed E-state index contributed by atoms with van der Waals surface area (Å²) >= 11 is 11.9. The van der Waals surface area contributed by atoms with Gasteiger partial charge in [0.1, 0.15) is 5.75 Å². The lowest BCUT2D eigenvalue weighted by atomic mass is 10.2. The fourth-order valence-corrected chi connectivity index (χ4v) is 2.18. The van der Waals surface area contributed by atoms with Crippen molar-refractivity contribution in [3.8, 4) is 11.5 Å². The number of phenols is 1. The van der Waals surface area contributed by atoms with E-state index in [9.17, 15) is 5.11 Å². The summed E-state index contributed by atoms with van der Waals surface area (Å²) < 4.78 is 5.55. The van der Waals surface area contributed by atoms with Crippen LogP contribution in [0.4, 0.5) is 0 Å². The highest BCUT2D eigenvalue weighted by Gasteiger charge is 2.09. The Morgan fingerprint density at radius 3 is 2.22 bits per heavy atom. The van der Waals surface area contributed by atoms with E-state index in [1.807, 2.05) is 30.3 Å². The SMILES string of the molecule is Oc1cc(Cl)c(OCCc2ccccc2)c(Cl)c1. The summed E-state index contributed by atoms with van der Waals surface area (Å²) in [5.74, 6) is 0.437. The molecule has 0 aliphatic heterocycles. The van der Waals surface area contributed by atoms with E-state index < -0.39 is 0 Å². The number of aromatic hydroxyl groups is 1. The third kappa shape index (κ3) is 3.31. The second-order valence-electron chi connectivity index (χ2n) is 3.82. The van der Waals surface area contributed by atoms with Crippen molar-refractivity contribution in [3.05, 3.63) is 58.1 Å². The first-order valence-corrected chi connectivity index (χ1v) is 6.27. The van der Waals surface area contributed by atoms with Crippen molar-refractivity contribution < 1.29 is 9.84 Å². The number of hydrogen-bond donors (Lipinski definition) is 1. The van der Waals surface area contributed by atoms with E-state index in [2.05, 4.69) is 0 Å². The van der Waals surface area contributed by atoms with Crippen molar-refractivity contribution in [2.75, 3.05) is 6.61 Å². The lowest BCUT2D eigenvalue weighted by Crippen LogP contribution is -2.02. The normalized spacial score (nSPS) is 10.3. The van der Waals surface area contributed by atoms with Gasteiger partial charge in [-0.15, -0.1) is 0 Å². The molecule has 94 valence electrons. The van der Waals surface area contributed by atoms with Crippen molar-refractivity contribution >= 4 is 23.2 Å². The lowest BCUT2D eigenvalue weighted by Gasteiger charge is -2.10. The Balaban J connectivity index is 1.99. The van der Waals surface area contributed by atoms with Gasteiger partial charge in [-0.25, -0.2) is 0 Å². The van der Waals surface area contributed by atoms with Crippen LogP contribution in [-0.2, 0) is 6.42 Å². The highest BCUT2D eigenvalue weighted by atomic mass is 35.5. The summed E-state index contributed by atoms with van der Waals surface area (Å²) in [6, 6.07) is 12.8. The molecule has 0 aliphatic carbocycles. The molecule has 0 fully saturated rings. The van der Waals surface area contributed by atoms with Gasteiger partial charge < -0.3 is 9.84 Å². The van der Waals surface area contributed by atoms with Crippen LogP contribution in [0.5, 0.6) is 11.5 Å². The molecule has 1 N–H and O–H groups in total. The number of halogens is 2. The largest absolute Gasteiger partial charge is 0.508 e. The maximum absolute atomic E-state index is 9.30. The number of phenolic OH excluding ortho intramolecular Hbond substituents is 1. The van der Waals surface area contributed by atoms with E-state index in [4.69, 9.17) is 27.9 Å². The molecule has 4 heteroatoms. The van der Waals surface area contributed by atoms with Gasteiger partial charge in [-0.3, -0.25) is 0 Å². The van der Waals surface area contributed by atoms with Crippen LogP contribution in [0.1, 0.15) is 5.56 Å². The van der Waals surface area contributed by atoms with Gasteiger partial charge in [0.25, 0.3) is 0 Å². The Bertz CT molecular complexity index is 504. The number of benzene rings is 2. The monoisotopic (exact) mass is 282 g/mol. The van der Waals surface area contributed by atoms with E-state index >= 15 is 0 Å². The first-order valence-electron chi connectivity index (χ1n) is 5.51. The molecule has 18 heavy (non-hydrogen) atoms. The van der Waals surface area contributed by atoms with Gasteiger partial charge in [-0.2, -0.15) is 0 Å². The molecule has 0 amide bonds. The minimum absolute atomic E-state index is 0.0282. The molecule has 0 spiro atoms. The number of ether oxygens (including phenoxy) is 1. The van der Waals surface area contributed by atoms with Crippen molar-refractivity contribution in [2.24, 2.45) is 0 Å². The molecule has 2 aromatic rings. The highest BCUT2D eigenvalue weighted by molar-refractivity contribution is 6.37. The Morgan fingerprint density at radius 2 is 1.61 bits per heavy atom. The van der Waals surface area contributed by atoms with Crippen molar-refractivity contribution in [1.82, 2.24) is 0 Å². The molecule has 0 unspecified atom stereocenters. The van der Waals surface area contributed by atoms with Crippen molar-refractivity contribution in [3.63, 3.8) is 0 Å². The molecule has 0 aromatic heterocycles. The minimum atomic E-state index is 0.0282. The second kappa shape index (κ2) is 5.98. The fourth-order valence-electron chi connectivity index (χ4n) is 1.60. The topological polar surface area (TPSA) is 29.5 Å². The summed E-state index contributed by atoms with van der Waals surface area (Å²) in [7, 11) is 0. The van der Waals surface area contributed by atoms with Gasteiger partial charge in [-0.05, 0) is 5.56 Å². The Hall–Kier alpha value is -1.38. The van der Waals surface area contributed by atoms with Gasteiger partial charge >= 0.3 is 0 Å². The zero-order valence-corrected chi connectivity index (χ0v) is 11.1. The van der Waals surface area contributed by atoms with Crippen LogP contribution in [0, 0.1) is 0 Å². The van der Waals surface area contributed by atoms with Crippen molar-refractivity contribution in [1.29, 1.82) is 0 Å². The van der Waals surface area contributed by atoms with Crippen LogP contribution < -0.4 is 4.74 Å². The summed E-state index contributed by atoms with van der Waals surface area (Å²) in [6.45, 7) is 0.480. The molecule has 0 bridgehead atoms. The number of rotatable bonds is 4. The maximum atomic E-state index is 9.30. The summed E-state index contributed by atoms with van der Waals surface area (Å²) in [4.78, 5) is 0. The quantitative estimate of drug-likeness (QED) is 0.905. The van der Waals surface area contributed by atoms with Gasteiger partial charge in [0.15, 0.2) is 5.75 Å². The maximum Gasteiger partial charge on any atom is 0.156 e. The molecule has 0 atom stereocenters. The summed E-state index contributed by atoms with van der Waals surface area (Å²) in [6.07, 6.45) is 0.772. The first-order chi connectivity index (χ1) is 8.66. The average Bonchev–Trinajstić information content (AvgIpc) is 2.34. The van der Waals surface area contributed by atoms with Gasteiger partial charge in [0, 0.05) is 18.6 Å². The van der Waals surface area contributed by atoms with Crippen LogP contribution in [0.3, 0.4) is 0 Å². The smallest absolute Gasteiger partial charge is 0.156 e. The van der Waals surface area contributed by atoms with Crippen LogP contribution in [0.2, 0.25) is 10.0 Å². The minimum Gasteiger partial charge on any atom is -0.508 e. The summed E-state index contributed by atoms with van der Waals surface area (Å²) in [5, 5.41) is 9.92. The fraction of sp³-hybridized carbons (Fsp3) is 0.143. The molecule has 0 radical (unpaired) electrons. The first kappa shape index (κ1) is 13.1.